The van der Waals surface area contributed by atoms with Gasteiger partial charge in [-0.2, -0.15) is 0 Å². The Bertz CT molecular complexity index is 700. The third kappa shape index (κ3) is 4.18. The van der Waals surface area contributed by atoms with Crippen LogP contribution < -0.4 is 10.1 Å². The van der Waals surface area contributed by atoms with E-state index in [0.717, 1.165) is 17.5 Å². The van der Waals surface area contributed by atoms with Gasteiger partial charge in [-0.3, -0.25) is 9.59 Å². The second-order valence-electron chi connectivity index (χ2n) is 4.93. The van der Waals surface area contributed by atoms with Crippen LogP contribution in [0.5, 0.6) is 5.75 Å². The van der Waals surface area contributed by atoms with E-state index in [9.17, 15) is 9.59 Å². The van der Waals surface area contributed by atoms with Gasteiger partial charge in [0.05, 0.1) is 4.47 Å². The summed E-state index contributed by atoms with van der Waals surface area (Å²) in [6, 6.07) is 12.5. The van der Waals surface area contributed by atoms with E-state index in [2.05, 4.69) is 21.2 Å². The van der Waals surface area contributed by atoms with Gasteiger partial charge in [0, 0.05) is 11.3 Å². The highest BCUT2D eigenvalue weighted by atomic mass is 79.9. The summed E-state index contributed by atoms with van der Waals surface area (Å²) in [5.74, 6) is 0.273. The van der Waals surface area contributed by atoms with E-state index in [1.807, 2.05) is 31.2 Å². The second kappa shape index (κ2) is 7.22. The zero-order valence-corrected chi connectivity index (χ0v) is 13.9. The fourth-order valence-electron chi connectivity index (χ4n) is 1.90. The summed E-state index contributed by atoms with van der Waals surface area (Å²) in [4.78, 5) is 22.9. The van der Waals surface area contributed by atoms with Gasteiger partial charge in [0.1, 0.15) is 12.0 Å². The first-order valence-electron chi connectivity index (χ1n) is 6.78. The second-order valence-corrected chi connectivity index (χ2v) is 5.78. The molecule has 4 nitrogen and oxygen atoms in total. The van der Waals surface area contributed by atoms with E-state index in [4.69, 9.17) is 4.74 Å². The zero-order chi connectivity index (χ0) is 16.1. The van der Waals surface area contributed by atoms with Gasteiger partial charge in [-0.15, -0.1) is 0 Å². The molecule has 114 valence electrons. The van der Waals surface area contributed by atoms with Crippen molar-refractivity contribution in [2.24, 2.45) is 0 Å². The SMILES string of the molecule is Cc1cccc(NC(=O)C(C)Oc2ccc(C=O)cc2Br)c1. The maximum Gasteiger partial charge on any atom is 0.265 e. The number of nitrogens with one attached hydrogen (secondary N) is 1. The van der Waals surface area contributed by atoms with Crippen LogP contribution in [-0.4, -0.2) is 18.3 Å². The van der Waals surface area contributed by atoms with Crippen molar-refractivity contribution in [3.8, 4) is 5.75 Å². The molecule has 2 aromatic carbocycles. The molecule has 0 heterocycles. The lowest BCUT2D eigenvalue weighted by molar-refractivity contribution is -0.122. The third-order valence-electron chi connectivity index (χ3n) is 3.05. The first-order chi connectivity index (χ1) is 10.5. The number of rotatable bonds is 5. The van der Waals surface area contributed by atoms with Crippen molar-refractivity contribution >= 4 is 33.8 Å². The van der Waals surface area contributed by atoms with Crippen molar-refractivity contribution in [3.63, 3.8) is 0 Å². The monoisotopic (exact) mass is 361 g/mol. The average Bonchev–Trinajstić information content (AvgIpc) is 2.49. The van der Waals surface area contributed by atoms with Crippen molar-refractivity contribution < 1.29 is 14.3 Å². The molecule has 0 aliphatic heterocycles. The van der Waals surface area contributed by atoms with Gasteiger partial charge in [0.15, 0.2) is 6.10 Å². The Kier molecular flexibility index (Phi) is 5.33. The first-order valence-corrected chi connectivity index (χ1v) is 7.58. The van der Waals surface area contributed by atoms with Crippen LogP contribution in [0.3, 0.4) is 0 Å². The molecule has 0 fully saturated rings. The maximum absolute atomic E-state index is 12.2. The number of hydrogen-bond acceptors (Lipinski definition) is 3. The molecule has 0 saturated carbocycles. The molecule has 0 radical (unpaired) electrons. The number of carbonyl (C=O) groups excluding carboxylic acids is 2. The molecule has 1 N–H and O–H groups in total. The summed E-state index contributed by atoms with van der Waals surface area (Å²) >= 11 is 3.33. The van der Waals surface area contributed by atoms with Crippen LogP contribution in [-0.2, 0) is 4.79 Å². The van der Waals surface area contributed by atoms with Gasteiger partial charge in [0.25, 0.3) is 5.91 Å². The van der Waals surface area contributed by atoms with Gasteiger partial charge in [0.2, 0.25) is 0 Å². The molecule has 5 heteroatoms. The third-order valence-corrected chi connectivity index (χ3v) is 3.67. The van der Waals surface area contributed by atoms with Crippen molar-refractivity contribution in [2.75, 3.05) is 5.32 Å². The fraction of sp³-hybridized carbons (Fsp3) is 0.176. The topological polar surface area (TPSA) is 55.4 Å². The number of ether oxygens (including phenoxy) is 1. The minimum atomic E-state index is -0.668. The Balaban J connectivity index is 2.03. The molecule has 2 aromatic rings. The molecule has 0 aliphatic carbocycles. The van der Waals surface area contributed by atoms with Crippen LogP contribution in [0.4, 0.5) is 5.69 Å². The summed E-state index contributed by atoms with van der Waals surface area (Å²) in [7, 11) is 0. The van der Waals surface area contributed by atoms with Crippen molar-refractivity contribution in [3.05, 3.63) is 58.1 Å². The number of aldehydes is 1. The molecule has 1 atom stereocenters. The van der Waals surface area contributed by atoms with E-state index in [0.29, 0.717) is 15.8 Å². The standard InChI is InChI=1S/C17H16BrNO3/c1-11-4-3-5-14(8-11)19-17(21)12(2)22-16-7-6-13(10-20)9-15(16)18/h3-10,12H,1-2H3,(H,19,21). The first kappa shape index (κ1) is 16.2. The Labute approximate surface area is 137 Å². The minimum absolute atomic E-state index is 0.239. The molecule has 22 heavy (non-hydrogen) atoms. The normalized spacial score (nSPS) is 11.6. The molecule has 0 spiro atoms. The smallest absolute Gasteiger partial charge is 0.265 e. The van der Waals surface area contributed by atoms with Gasteiger partial charge in [-0.05, 0) is 65.7 Å². The number of amides is 1. The van der Waals surface area contributed by atoms with E-state index < -0.39 is 6.10 Å². The van der Waals surface area contributed by atoms with Crippen LogP contribution >= 0.6 is 15.9 Å². The fourth-order valence-corrected chi connectivity index (χ4v) is 2.39. The van der Waals surface area contributed by atoms with E-state index >= 15 is 0 Å². The molecule has 1 amide bonds. The van der Waals surface area contributed by atoms with Crippen LogP contribution in [0.1, 0.15) is 22.8 Å². The van der Waals surface area contributed by atoms with E-state index in [1.54, 1.807) is 25.1 Å². The molecule has 1 unspecified atom stereocenters. The molecule has 0 aromatic heterocycles. The average molecular weight is 362 g/mol. The molecule has 2 rings (SSSR count). The van der Waals surface area contributed by atoms with Crippen molar-refractivity contribution in [1.29, 1.82) is 0 Å². The lowest BCUT2D eigenvalue weighted by Crippen LogP contribution is -2.30. The lowest BCUT2D eigenvalue weighted by atomic mass is 10.2. The Morgan fingerprint density at radius 2 is 2.05 bits per heavy atom. The molecular weight excluding hydrogens is 346 g/mol. The van der Waals surface area contributed by atoms with Crippen LogP contribution in [0.15, 0.2) is 46.9 Å². The Hall–Kier alpha value is -2.14. The summed E-state index contributed by atoms with van der Waals surface area (Å²) in [6.45, 7) is 3.63. The highest BCUT2D eigenvalue weighted by Gasteiger charge is 2.16. The molecular formula is C17H16BrNO3. The van der Waals surface area contributed by atoms with Crippen molar-refractivity contribution in [2.45, 2.75) is 20.0 Å². The van der Waals surface area contributed by atoms with Crippen LogP contribution in [0, 0.1) is 6.92 Å². The number of benzene rings is 2. The predicted molar refractivity (Wildman–Crippen MR) is 89.4 cm³/mol. The van der Waals surface area contributed by atoms with Crippen molar-refractivity contribution in [1.82, 2.24) is 0 Å². The van der Waals surface area contributed by atoms with Gasteiger partial charge < -0.3 is 10.1 Å². The summed E-state index contributed by atoms with van der Waals surface area (Å²) in [6.07, 6.45) is 0.0847. The number of hydrogen-bond donors (Lipinski definition) is 1. The van der Waals surface area contributed by atoms with Gasteiger partial charge >= 0.3 is 0 Å². The molecule has 0 saturated heterocycles. The molecule has 0 bridgehead atoms. The summed E-state index contributed by atoms with van der Waals surface area (Å²) in [5.41, 5.74) is 2.34. The quantitative estimate of drug-likeness (QED) is 0.819. The van der Waals surface area contributed by atoms with Crippen LogP contribution in [0.25, 0.3) is 0 Å². The largest absolute Gasteiger partial charge is 0.480 e. The lowest BCUT2D eigenvalue weighted by Gasteiger charge is -2.16. The Morgan fingerprint density at radius 1 is 1.27 bits per heavy atom. The number of carbonyl (C=O) groups is 2. The highest BCUT2D eigenvalue weighted by molar-refractivity contribution is 9.10. The Morgan fingerprint density at radius 3 is 2.68 bits per heavy atom. The number of halogens is 1. The number of aryl methyl sites for hydroxylation is 1. The van der Waals surface area contributed by atoms with E-state index in [-0.39, 0.29) is 5.91 Å². The van der Waals surface area contributed by atoms with Crippen LogP contribution in [0.2, 0.25) is 0 Å². The highest BCUT2D eigenvalue weighted by Crippen LogP contribution is 2.26. The van der Waals surface area contributed by atoms with Gasteiger partial charge in [-0.1, -0.05) is 12.1 Å². The summed E-state index contributed by atoms with van der Waals surface area (Å²) in [5, 5.41) is 2.81. The zero-order valence-electron chi connectivity index (χ0n) is 12.3. The molecule has 0 aliphatic rings. The van der Waals surface area contributed by atoms with E-state index in [1.165, 1.54) is 0 Å². The minimum Gasteiger partial charge on any atom is -0.480 e. The maximum atomic E-state index is 12.2. The number of anilines is 1. The summed E-state index contributed by atoms with van der Waals surface area (Å²) < 4.78 is 6.27. The van der Waals surface area contributed by atoms with Gasteiger partial charge in [-0.25, -0.2) is 0 Å². The predicted octanol–water partition coefficient (Wildman–Crippen LogP) is 3.98.